The first-order valence-electron chi connectivity index (χ1n) is 7.59. The number of carbonyl (C=O) groups is 1. The summed E-state index contributed by atoms with van der Waals surface area (Å²) in [6, 6.07) is 9.88. The van der Waals surface area contributed by atoms with Crippen molar-refractivity contribution in [2.75, 3.05) is 28.4 Å². The molecule has 0 unspecified atom stereocenters. The van der Waals surface area contributed by atoms with E-state index in [9.17, 15) is 9.90 Å². The van der Waals surface area contributed by atoms with E-state index in [4.69, 9.17) is 23.7 Å². The molecule has 7 heteroatoms. The average Bonchev–Trinajstić information content (AvgIpc) is 2.67. The highest BCUT2D eigenvalue weighted by Crippen LogP contribution is 2.40. The van der Waals surface area contributed by atoms with Crippen molar-refractivity contribution in [1.82, 2.24) is 0 Å². The summed E-state index contributed by atoms with van der Waals surface area (Å²) in [5, 5.41) is 9.47. The van der Waals surface area contributed by atoms with Gasteiger partial charge >= 0.3 is 5.97 Å². The van der Waals surface area contributed by atoms with Gasteiger partial charge < -0.3 is 28.8 Å². The lowest BCUT2D eigenvalue weighted by molar-refractivity contribution is -0.134. The van der Waals surface area contributed by atoms with Crippen LogP contribution < -0.4 is 23.7 Å². The molecule has 26 heavy (non-hydrogen) atoms. The van der Waals surface area contributed by atoms with Crippen LogP contribution in [-0.4, -0.2) is 39.5 Å². The van der Waals surface area contributed by atoms with Crippen LogP contribution in [0.15, 0.2) is 42.2 Å². The highest BCUT2D eigenvalue weighted by atomic mass is 16.5. The second kappa shape index (κ2) is 8.66. The minimum Gasteiger partial charge on any atom is -0.497 e. The molecule has 0 fully saturated rings. The summed E-state index contributed by atoms with van der Waals surface area (Å²) in [5.41, 5.74) is 0.469. The summed E-state index contributed by atoms with van der Waals surface area (Å²) in [7, 11) is 5.98. The molecule has 0 bridgehead atoms. The quantitative estimate of drug-likeness (QED) is 0.571. The number of hydrogen-bond acceptors (Lipinski definition) is 6. The van der Waals surface area contributed by atoms with Crippen molar-refractivity contribution in [3.05, 3.63) is 47.7 Å². The van der Waals surface area contributed by atoms with Crippen LogP contribution in [0, 0.1) is 0 Å². The van der Waals surface area contributed by atoms with Gasteiger partial charge in [-0.3, -0.25) is 0 Å². The highest BCUT2D eigenvalue weighted by molar-refractivity contribution is 5.91. The number of ether oxygens (including phenoxy) is 5. The van der Waals surface area contributed by atoms with Crippen molar-refractivity contribution in [2.45, 2.75) is 0 Å². The fourth-order valence-corrected chi connectivity index (χ4v) is 2.28. The van der Waals surface area contributed by atoms with Crippen molar-refractivity contribution >= 4 is 12.0 Å². The maximum absolute atomic E-state index is 11.6. The van der Waals surface area contributed by atoms with Crippen LogP contribution in [0.5, 0.6) is 28.7 Å². The van der Waals surface area contributed by atoms with Gasteiger partial charge in [0.05, 0.1) is 28.4 Å². The Balaban J connectivity index is 2.43. The van der Waals surface area contributed by atoms with E-state index in [1.807, 2.05) is 0 Å². The molecule has 0 atom stereocenters. The molecule has 138 valence electrons. The van der Waals surface area contributed by atoms with Crippen LogP contribution in [0.2, 0.25) is 0 Å². The van der Waals surface area contributed by atoms with E-state index in [0.717, 1.165) is 0 Å². The Morgan fingerprint density at radius 3 is 1.92 bits per heavy atom. The van der Waals surface area contributed by atoms with E-state index in [-0.39, 0.29) is 5.76 Å². The number of aliphatic carboxylic acids is 1. The number of benzene rings is 2. The number of methoxy groups -OCH3 is 4. The third-order valence-electron chi connectivity index (χ3n) is 3.52. The first-order chi connectivity index (χ1) is 12.5. The zero-order valence-electron chi connectivity index (χ0n) is 14.9. The van der Waals surface area contributed by atoms with Gasteiger partial charge in [0.15, 0.2) is 11.5 Å². The van der Waals surface area contributed by atoms with Crippen LogP contribution in [0.4, 0.5) is 0 Å². The van der Waals surface area contributed by atoms with E-state index in [1.54, 1.807) is 43.5 Å². The Kier molecular flexibility index (Phi) is 6.32. The van der Waals surface area contributed by atoms with E-state index >= 15 is 0 Å². The fourth-order valence-electron chi connectivity index (χ4n) is 2.28. The number of carboxylic acid groups (broad SMARTS) is 1. The van der Waals surface area contributed by atoms with E-state index in [0.29, 0.717) is 34.3 Å². The van der Waals surface area contributed by atoms with Crippen molar-refractivity contribution in [2.24, 2.45) is 0 Å². The number of hydrogen-bond donors (Lipinski definition) is 1. The number of carboxylic acids is 1. The SMILES string of the molecule is COc1ccc(OC(=Cc2ccc(OC)c(OC)c2OC)C(=O)O)cc1. The highest BCUT2D eigenvalue weighted by Gasteiger charge is 2.18. The maximum Gasteiger partial charge on any atom is 0.371 e. The fraction of sp³-hybridized carbons (Fsp3) is 0.211. The summed E-state index contributed by atoms with van der Waals surface area (Å²) >= 11 is 0. The first-order valence-corrected chi connectivity index (χ1v) is 7.59. The third-order valence-corrected chi connectivity index (χ3v) is 3.52. The van der Waals surface area contributed by atoms with Gasteiger partial charge in [-0.25, -0.2) is 4.79 Å². The van der Waals surface area contributed by atoms with Crippen molar-refractivity contribution in [3.8, 4) is 28.7 Å². The predicted octanol–water partition coefficient (Wildman–Crippen LogP) is 3.23. The second-order valence-corrected chi connectivity index (χ2v) is 5.01. The van der Waals surface area contributed by atoms with Gasteiger partial charge in [-0.05, 0) is 42.5 Å². The lowest BCUT2D eigenvalue weighted by Crippen LogP contribution is -2.08. The molecule has 0 heterocycles. The molecule has 2 aromatic rings. The Hall–Kier alpha value is -3.35. The van der Waals surface area contributed by atoms with Crippen LogP contribution in [-0.2, 0) is 4.79 Å². The molecule has 0 aromatic heterocycles. The Labute approximate surface area is 151 Å². The molecular weight excluding hydrogens is 340 g/mol. The van der Waals surface area contributed by atoms with Gasteiger partial charge in [-0.15, -0.1) is 0 Å². The summed E-state index contributed by atoms with van der Waals surface area (Å²) in [6.45, 7) is 0. The zero-order valence-corrected chi connectivity index (χ0v) is 14.9. The average molecular weight is 360 g/mol. The molecule has 0 saturated heterocycles. The van der Waals surface area contributed by atoms with Gasteiger partial charge in [0.25, 0.3) is 0 Å². The molecule has 2 aromatic carbocycles. The molecule has 0 aliphatic rings. The van der Waals surface area contributed by atoms with Gasteiger partial charge in [0.2, 0.25) is 11.5 Å². The van der Waals surface area contributed by atoms with Crippen LogP contribution in [0.3, 0.4) is 0 Å². The van der Waals surface area contributed by atoms with Crippen LogP contribution >= 0.6 is 0 Å². The normalized spacial score (nSPS) is 10.8. The molecule has 0 spiro atoms. The topological polar surface area (TPSA) is 83.5 Å². The van der Waals surface area contributed by atoms with Crippen LogP contribution in [0.1, 0.15) is 5.56 Å². The van der Waals surface area contributed by atoms with Crippen molar-refractivity contribution in [3.63, 3.8) is 0 Å². The van der Waals surface area contributed by atoms with Gasteiger partial charge in [-0.2, -0.15) is 0 Å². The molecule has 7 nitrogen and oxygen atoms in total. The summed E-state index contributed by atoms with van der Waals surface area (Å²) in [5.74, 6) is 0.660. The zero-order chi connectivity index (χ0) is 19.1. The summed E-state index contributed by atoms with van der Waals surface area (Å²) < 4.78 is 26.4. The largest absolute Gasteiger partial charge is 0.497 e. The lowest BCUT2D eigenvalue weighted by Gasteiger charge is -2.14. The second-order valence-electron chi connectivity index (χ2n) is 5.01. The van der Waals surface area contributed by atoms with E-state index in [1.165, 1.54) is 27.4 Å². The molecule has 0 aliphatic carbocycles. The molecule has 0 amide bonds. The minimum atomic E-state index is -1.22. The van der Waals surface area contributed by atoms with E-state index in [2.05, 4.69) is 0 Å². The van der Waals surface area contributed by atoms with Crippen molar-refractivity contribution in [1.29, 1.82) is 0 Å². The maximum atomic E-state index is 11.6. The van der Waals surface area contributed by atoms with E-state index < -0.39 is 5.97 Å². The van der Waals surface area contributed by atoms with Gasteiger partial charge in [0.1, 0.15) is 11.5 Å². The molecular formula is C19H20O7. The monoisotopic (exact) mass is 360 g/mol. The molecule has 0 aliphatic heterocycles. The van der Waals surface area contributed by atoms with Crippen LogP contribution in [0.25, 0.3) is 6.08 Å². The molecule has 1 N–H and O–H groups in total. The summed E-state index contributed by atoms with van der Waals surface area (Å²) in [4.78, 5) is 11.6. The Morgan fingerprint density at radius 2 is 1.42 bits per heavy atom. The molecule has 2 rings (SSSR count). The standard InChI is InChI=1S/C19H20O7/c1-22-13-6-8-14(9-7-13)26-16(19(20)21)11-12-5-10-15(23-2)18(25-4)17(12)24-3/h5-11H,1-4H3,(H,20,21). The first kappa shape index (κ1) is 19.0. The minimum absolute atomic E-state index is 0.277. The number of rotatable bonds is 8. The smallest absolute Gasteiger partial charge is 0.371 e. The Morgan fingerprint density at radius 1 is 0.808 bits per heavy atom. The van der Waals surface area contributed by atoms with Gasteiger partial charge in [-0.1, -0.05) is 0 Å². The summed E-state index contributed by atoms with van der Waals surface area (Å²) in [6.07, 6.45) is 1.35. The Bertz CT molecular complexity index is 794. The third kappa shape index (κ3) is 4.18. The molecule has 0 saturated carbocycles. The molecule has 0 radical (unpaired) electrons. The van der Waals surface area contributed by atoms with Gasteiger partial charge in [0, 0.05) is 5.56 Å². The lowest BCUT2D eigenvalue weighted by atomic mass is 10.1. The predicted molar refractivity (Wildman–Crippen MR) is 95.3 cm³/mol. The van der Waals surface area contributed by atoms with Crippen molar-refractivity contribution < 1.29 is 33.6 Å².